The van der Waals surface area contributed by atoms with Crippen LogP contribution in [0.25, 0.3) is 44.5 Å². The van der Waals surface area contributed by atoms with Crippen LogP contribution in [-0.4, -0.2) is 45.0 Å². The summed E-state index contributed by atoms with van der Waals surface area (Å²) >= 11 is 1.07. The molecular formula is C27H17N3O9S. The van der Waals surface area contributed by atoms with Gasteiger partial charge in [-0.15, -0.1) is 0 Å². The molecule has 0 aliphatic carbocycles. The van der Waals surface area contributed by atoms with Gasteiger partial charge in [-0.2, -0.15) is 4.37 Å². The van der Waals surface area contributed by atoms with Crippen molar-refractivity contribution in [2.24, 2.45) is 0 Å². The third-order valence-corrected chi connectivity index (χ3v) is 6.54. The Bertz CT molecular complexity index is 1900. The van der Waals surface area contributed by atoms with E-state index < -0.39 is 0 Å². The molecule has 40 heavy (non-hydrogen) atoms. The number of aromatic hydroxyl groups is 6. The van der Waals surface area contributed by atoms with Crippen LogP contribution >= 0.6 is 11.5 Å². The highest BCUT2D eigenvalue weighted by Crippen LogP contribution is 2.38. The van der Waals surface area contributed by atoms with Gasteiger partial charge in [-0.1, -0.05) is 0 Å². The predicted octanol–water partition coefficient (Wildman–Crippen LogP) is 5.29. The van der Waals surface area contributed by atoms with E-state index >= 15 is 0 Å². The van der Waals surface area contributed by atoms with Gasteiger partial charge in [0.2, 0.25) is 17.4 Å². The molecule has 0 aliphatic rings. The van der Waals surface area contributed by atoms with E-state index in [9.17, 15) is 30.6 Å². The van der Waals surface area contributed by atoms with Crippen LogP contribution in [0.15, 0.2) is 71.1 Å². The van der Waals surface area contributed by atoms with Crippen molar-refractivity contribution in [2.75, 3.05) is 0 Å². The number of hydrogen-bond donors (Lipinski definition) is 6. The largest absolute Gasteiger partial charge is 0.504 e. The third-order valence-electron chi connectivity index (χ3n) is 5.78. The number of nitrogens with zero attached hydrogens (tertiary/aromatic N) is 3. The van der Waals surface area contributed by atoms with Crippen LogP contribution in [0, 0.1) is 0 Å². The quantitative estimate of drug-likeness (QED) is 0.0879. The molecule has 0 spiro atoms. The molecule has 200 valence electrons. The topological polar surface area (TPSA) is 192 Å². The minimum atomic E-state index is -0.341. The highest BCUT2D eigenvalue weighted by molar-refractivity contribution is 7.09. The Morgan fingerprint density at radius 1 is 0.575 bits per heavy atom. The van der Waals surface area contributed by atoms with Gasteiger partial charge in [0.25, 0.3) is 0 Å². The van der Waals surface area contributed by atoms with E-state index in [0.717, 1.165) is 11.5 Å². The van der Waals surface area contributed by atoms with Crippen LogP contribution in [0.5, 0.6) is 46.0 Å². The summed E-state index contributed by atoms with van der Waals surface area (Å²) in [7, 11) is 0. The summed E-state index contributed by atoms with van der Waals surface area (Å²) in [6, 6.07) is 15.4. The normalized spacial score (nSPS) is 11.1. The van der Waals surface area contributed by atoms with Crippen molar-refractivity contribution < 1.29 is 44.8 Å². The van der Waals surface area contributed by atoms with Gasteiger partial charge in [-0.05, 0) is 66.1 Å². The highest BCUT2D eigenvalue weighted by atomic mass is 32.1. The summed E-state index contributed by atoms with van der Waals surface area (Å²) in [5, 5.41) is 59.7. The average molecular weight is 560 g/mol. The second-order valence-corrected chi connectivity index (χ2v) is 9.24. The van der Waals surface area contributed by atoms with Crippen LogP contribution in [0.2, 0.25) is 0 Å². The van der Waals surface area contributed by atoms with Gasteiger partial charge in [-0.3, -0.25) is 9.78 Å². The molecule has 0 atom stereocenters. The van der Waals surface area contributed by atoms with Crippen molar-refractivity contribution >= 4 is 22.6 Å². The number of benzene rings is 4. The second kappa shape index (κ2) is 9.56. The Morgan fingerprint density at radius 2 is 1.20 bits per heavy atom. The van der Waals surface area contributed by atoms with E-state index in [1.807, 2.05) is 0 Å². The number of aromatic nitrogens is 3. The van der Waals surface area contributed by atoms with Crippen LogP contribution in [0.4, 0.5) is 0 Å². The molecule has 0 aliphatic heterocycles. The maximum atomic E-state index is 10.4. The van der Waals surface area contributed by atoms with E-state index in [4.69, 9.17) is 14.2 Å². The molecule has 0 saturated carbocycles. The lowest BCUT2D eigenvalue weighted by Gasteiger charge is -2.09. The van der Waals surface area contributed by atoms with Crippen LogP contribution < -0.4 is 9.78 Å². The summed E-state index contributed by atoms with van der Waals surface area (Å²) in [5.74, 6) is -1.48. The molecule has 0 amide bonds. The SMILES string of the molecule is Oc1ccc(-c2nsc(-c3ccc(O)c(OOc4cc5nc(-c6ccc(O)c(O)c6)oc5cc4O)c3)n2)cc1O. The zero-order valence-corrected chi connectivity index (χ0v) is 20.8. The Hall–Kier alpha value is -5.69. The third kappa shape index (κ3) is 4.56. The molecule has 12 nitrogen and oxygen atoms in total. The van der Waals surface area contributed by atoms with Crippen molar-refractivity contribution in [2.45, 2.75) is 0 Å². The van der Waals surface area contributed by atoms with E-state index in [0.29, 0.717) is 33.0 Å². The van der Waals surface area contributed by atoms with Crippen LogP contribution in [0.1, 0.15) is 0 Å². The number of phenolic OH excluding ortho intramolecular Hbond substituents is 6. The molecule has 6 aromatic rings. The second-order valence-electron chi connectivity index (χ2n) is 8.49. The summed E-state index contributed by atoms with van der Waals surface area (Å²) in [5.41, 5.74) is 1.97. The van der Waals surface area contributed by atoms with Gasteiger partial charge in [0.05, 0.1) is 0 Å². The number of fused-ring (bicyclic) bond motifs is 1. The van der Waals surface area contributed by atoms with Crippen molar-refractivity contribution in [3.05, 3.63) is 66.7 Å². The maximum absolute atomic E-state index is 10.4. The maximum Gasteiger partial charge on any atom is 0.227 e. The minimum Gasteiger partial charge on any atom is -0.504 e. The Labute approximate surface area is 227 Å². The first-order chi connectivity index (χ1) is 19.2. The van der Waals surface area contributed by atoms with Gasteiger partial charge < -0.3 is 35.1 Å². The summed E-state index contributed by atoms with van der Waals surface area (Å²) in [4.78, 5) is 19.4. The molecule has 2 heterocycles. The molecule has 0 radical (unpaired) electrons. The van der Waals surface area contributed by atoms with E-state index in [1.165, 1.54) is 54.6 Å². The zero-order chi connectivity index (χ0) is 28.0. The minimum absolute atomic E-state index is 0.0727. The highest BCUT2D eigenvalue weighted by Gasteiger charge is 2.17. The molecule has 2 aromatic heterocycles. The Balaban J connectivity index is 1.23. The van der Waals surface area contributed by atoms with Gasteiger partial charge in [0.1, 0.15) is 10.5 Å². The summed E-state index contributed by atoms with van der Waals surface area (Å²) in [6.45, 7) is 0. The predicted molar refractivity (Wildman–Crippen MR) is 141 cm³/mol. The summed E-state index contributed by atoms with van der Waals surface area (Å²) in [6.07, 6.45) is 0. The fraction of sp³-hybridized carbons (Fsp3) is 0. The molecule has 6 N–H and O–H groups in total. The molecular weight excluding hydrogens is 542 g/mol. The lowest BCUT2D eigenvalue weighted by atomic mass is 10.2. The number of oxazole rings is 1. The smallest absolute Gasteiger partial charge is 0.227 e. The molecule has 0 unspecified atom stereocenters. The van der Waals surface area contributed by atoms with Crippen molar-refractivity contribution in [1.82, 2.24) is 14.3 Å². The zero-order valence-electron chi connectivity index (χ0n) is 20.0. The van der Waals surface area contributed by atoms with Gasteiger partial charge in [0.15, 0.2) is 45.9 Å². The number of hydrogen-bond acceptors (Lipinski definition) is 13. The molecule has 0 bridgehead atoms. The average Bonchev–Trinajstić information content (AvgIpc) is 3.59. The van der Waals surface area contributed by atoms with Gasteiger partial charge in [-0.25, -0.2) is 9.97 Å². The van der Waals surface area contributed by atoms with Crippen molar-refractivity contribution in [1.29, 1.82) is 0 Å². The van der Waals surface area contributed by atoms with Crippen molar-refractivity contribution in [3.8, 4) is 79.4 Å². The van der Waals surface area contributed by atoms with E-state index in [2.05, 4.69) is 14.3 Å². The van der Waals surface area contributed by atoms with E-state index in [-0.39, 0.29) is 57.5 Å². The molecule has 4 aromatic carbocycles. The Morgan fingerprint density at radius 3 is 1.93 bits per heavy atom. The van der Waals surface area contributed by atoms with Gasteiger partial charge in [0, 0.05) is 28.8 Å². The fourth-order valence-electron chi connectivity index (χ4n) is 3.71. The molecule has 13 heteroatoms. The van der Waals surface area contributed by atoms with E-state index in [1.54, 1.807) is 12.1 Å². The number of phenols is 6. The molecule has 0 fully saturated rings. The lowest BCUT2D eigenvalue weighted by Crippen LogP contribution is -2.01. The molecule has 6 rings (SSSR count). The lowest BCUT2D eigenvalue weighted by molar-refractivity contribution is -0.103. The number of rotatable bonds is 6. The molecule has 0 saturated heterocycles. The first-order valence-corrected chi connectivity index (χ1v) is 12.2. The first kappa shape index (κ1) is 24.6. The van der Waals surface area contributed by atoms with Crippen LogP contribution in [0.3, 0.4) is 0 Å². The first-order valence-electron chi connectivity index (χ1n) is 11.4. The Kier molecular flexibility index (Phi) is 5.89. The van der Waals surface area contributed by atoms with Gasteiger partial charge >= 0.3 is 0 Å². The monoisotopic (exact) mass is 559 g/mol. The van der Waals surface area contributed by atoms with Crippen molar-refractivity contribution in [3.63, 3.8) is 0 Å². The summed E-state index contributed by atoms with van der Waals surface area (Å²) < 4.78 is 9.92. The standard InChI is InChI=1S/C27H17N3O9S/c31-16-4-1-12(7-19(16)34)25-29-27(40-30-25)14-3-6-18(33)23(9-14)38-39-24-10-15-22(11-21(24)36)37-26(28-15)13-2-5-17(32)20(35)8-13/h1-11,31-36H. The van der Waals surface area contributed by atoms with Crippen LogP contribution in [-0.2, 0) is 0 Å². The fourth-order valence-corrected chi connectivity index (χ4v) is 4.39.